The molecule has 0 aliphatic heterocycles. The highest BCUT2D eigenvalue weighted by Gasteiger charge is 2.25. The van der Waals surface area contributed by atoms with Crippen LogP contribution in [0.5, 0.6) is 0 Å². The van der Waals surface area contributed by atoms with Crippen LogP contribution in [0.3, 0.4) is 0 Å². The highest BCUT2D eigenvalue weighted by atomic mass is 19.1. The van der Waals surface area contributed by atoms with Crippen LogP contribution >= 0.6 is 0 Å². The van der Waals surface area contributed by atoms with Crippen molar-refractivity contribution in [2.24, 2.45) is 17.8 Å². The summed E-state index contributed by atoms with van der Waals surface area (Å²) in [6.45, 7) is 2.02. The Hall–Kier alpha value is -1.15. The first kappa shape index (κ1) is 25.5. The Labute approximate surface area is 197 Å². The molecule has 0 saturated heterocycles. The van der Waals surface area contributed by atoms with E-state index in [0.717, 1.165) is 49.4 Å². The van der Waals surface area contributed by atoms with E-state index in [0.29, 0.717) is 0 Å². The Bertz CT molecular complexity index is 631. The van der Waals surface area contributed by atoms with E-state index < -0.39 is 0 Å². The maximum Gasteiger partial charge on any atom is 0.0894 e. The molecule has 180 valence electrons. The average Bonchev–Trinajstić information content (AvgIpc) is 2.85. The standard InChI is InChI=1S/C30H47FO/c1-3-30(32-2)29-21-19-28(20-22-29)27-17-15-26(16-18-27)14-13-25-11-9-24(10-12-25)8-6-4-5-7-23-31/h6,8,19-22,24-27,30H,3-5,7,9-18,23H2,1-2H3/t24-,25-,26-,27-,30?. The van der Waals surface area contributed by atoms with E-state index in [1.54, 1.807) is 0 Å². The van der Waals surface area contributed by atoms with Crippen LogP contribution in [-0.2, 0) is 4.74 Å². The number of hydrogen-bond donors (Lipinski definition) is 0. The third-order valence-corrected chi connectivity index (χ3v) is 8.32. The second-order valence-electron chi connectivity index (χ2n) is 10.5. The smallest absolute Gasteiger partial charge is 0.0894 e. The van der Waals surface area contributed by atoms with Crippen LogP contribution in [0.15, 0.2) is 36.4 Å². The van der Waals surface area contributed by atoms with Gasteiger partial charge in [-0.3, -0.25) is 4.39 Å². The zero-order chi connectivity index (χ0) is 22.6. The van der Waals surface area contributed by atoms with Crippen LogP contribution < -0.4 is 0 Å². The molecule has 0 heterocycles. The summed E-state index contributed by atoms with van der Waals surface area (Å²) in [6.07, 6.45) is 22.8. The van der Waals surface area contributed by atoms with Crippen molar-refractivity contribution < 1.29 is 9.13 Å². The van der Waals surface area contributed by atoms with Crippen molar-refractivity contribution in [2.75, 3.05) is 13.8 Å². The van der Waals surface area contributed by atoms with Gasteiger partial charge >= 0.3 is 0 Å². The molecule has 0 bridgehead atoms. The zero-order valence-electron chi connectivity index (χ0n) is 20.7. The molecule has 0 radical (unpaired) electrons. The molecule has 1 atom stereocenters. The molecule has 0 N–H and O–H groups in total. The molecule has 2 fully saturated rings. The summed E-state index contributed by atoms with van der Waals surface area (Å²) in [4.78, 5) is 0. The van der Waals surface area contributed by atoms with Crippen molar-refractivity contribution in [2.45, 2.75) is 109 Å². The summed E-state index contributed by atoms with van der Waals surface area (Å²) in [6, 6.07) is 9.29. The van der Waals surface area contributed by atoms with Gasteiger partial charge in [0.15, 0.2) is 0 Å². The van der Waals surface area contributed by atoms with Crippen LogP contribution in [0.1, 0.15) is 120 Å². The Morgan fingerprint density at radius 2 is 1.53 bits per heavy atom. The summed E-state index contributed by atoms with van der Waals surface area (Å²) < 4.78 is 17.7. The van der Waals surface area contributed by atoms with Crippen molar-refractivity contribution in [3.05, 3.63) is 47.5 Å². The first-order valence-electron chi connectivity index (χ1n) is 13.6. The van der Waals surface area contributed by atoms with E-state index in [-0.39, 0.29) is 12.8 Å². The number of benzene rings is 1. The van der Waals surface area contributed by atoms with Gasteiger partial charge in [0.05, 0.1) is 12.8 Å². The van der Waals surface area contributed by atoms with E-state index in [2.05, 4.69) is 43.3 Å². The fraction of sp³-hybridized carbons (Fsp3) is 0.733. The molecule has 3 rings (SSSR count). The van der Waals surface area contributed by atoms with E-state index in [1.807, 2.05) is 7.11 Å². The highest BCUT2D eigenvalue weighted by Crippen LogP contribution is 2.40. The molecule has 0 spiro atoms. The van der Waals surface area contributed by atoms with Crippen LogP contribution in [0.2, 0.25) is 0 Å². The number of rotatable bonds is 12. The molecular weight excluding hydrogens is 395 g/mol. The van der Waals surface area contributed by atoms with Crippen LogP contribution in [0.4, 0.5) is 4.39 Å². The normalized spacial score (nSPS) is 27.6. The number of ether oxygens (including phenoxy) is 1. The number of allylic oxidation sites excluding steroid dienone is 2. The SMILES string of the molecule is CCC(OC)c1ccc([C@H]2CC[C@H](CC[C@H]3CC[C@H](C=CCCCCF)CC3)CC2)cc1. The maximum absolute atomic E-state index is 12.2. The summed E-state index contributed by atoms with van der Waals surface area (Å²) in [7, 11) is 1.81. The molecule has 2 heteroatoms. The van der Waals surface area contributed by atoms with Gasteiger partial charge in [-0.1, -0.05) is 56.2 Å². The molecule has 1 aromatic rings. The third-order valence-electron chi connectivity index (χ3n) is 8.32. The van der Waals surface area contributed by atoms with Gasteiger partial charge in [0.1, 0.15) is 0 Å². The lowest BCUT2D eigenvalue weighted by Crippen LogP contribution is -2.17. The summed E-state index contributed by atoms with van der Waals surface area (Å²) >= 11 is 0. The number of hydrogen-bond acceptors (Lipinski definition) is 1. The molecule has 0 amide bonds. The second kappa shape index (κ2) is 14.2. The predicted molar refractivity (Wildman–Crippen MR) is 135 cm³/mol. The molecule has 2 aliphatic carbocycles. The fourth-order valence-corrected chi connectivity index (χ4v) is 6.09. The minimum atomic E-state index is -0.165. The van der Waals surface area contributed by atoms with Gasteiger partial charge in [0.25, 0.3) is 0 Å². The molecule has 2 aliphatic rings. The van der Waals surface area contributed by atoms with Gasteiger partial charge < -0.3 is 4.74 Å². The zero-order valence-corrected chi connectivity index (χ0v) is 20.7. The Morgan fingerprint density at radius 1 is 0.906 bits per heavy atom. The number of halogens is 1. The van der Waals surface area contributed by atoms with Gasteiger partial charge in [0.2, 0.25) is 0 Å². The van der Waals surface area contributed by atoms with E-state index >= 15 is 0 Å². The quantitative estimate of drug-likeness (QED) is 0.231. The van der Waals surface area contributed by atoms with Crippen LogP contribution in [0, 0.1) is 17.8 Å². The van der Waals surface area contributed by atoms with Gasteiger partial charge in [-0.2, -0.15) is 0 Å². The highest BCUT2D eigenvalue weighted by molar-refractivity contribution is 5.27. The lowest BCUT2D eigenvalue weighted by atomic mass is 9.74. The molecule has 32 heavy (non-hydrogen) atoms. The van der Waals surface area contributed by atoms with Crippen LogP contribution in [0.25, 0.3) is 0 Å². The van der Waals surface area contributed by atoms with Gasteiger partial charge in [-0.15, -0.1) is 0 Å². The number of alkyl halides is 1. The summed E-state index contributed by atoms with van der Waals surface area (Å²) in [5, 5.41) is 0. The number of unbranched alkanes of at least 4 members (excludes halogenated alkanes) is 2. The van der Waals surface area contributed by atoms with E-state index in [4.69, 9.17) is 4.74 Å². The Morgan fingerprint density at radius 3 is 2.09 bits per heavy atom. The van der Waals surface area contributed by atoms with Crippen LogP contribution in [-0.4, -0.2) is 13.8 Å². The van der Waals surface area contributed by atoms with Gasteiger partial charge in [-0.05, 0) is 112 Å². The third kappa shape index (κ3) is 8.01. The average molecular weight is 443 g/mol. The number of methoxy groups -OCH3 is 1. The lowest BCUT2D eigenvalue weighted by molar-refractivity contribution is 0.100. The minimum absolute atomic E-state index is 0.165. The largest absolute Gasteiger partial charge is 0.377 e. The predicted octanol–water partition coefficient (Wildman–Crippen LogP) is 9.34. The topological polar surface area (TPSA) is 9.23 Å². The van der Waals surface area contributed by atoms with Gasteiger partial charge in [-0.25, -0.2) is 0 Å². The fourth-order valence-electron chi connectivity index (χ4n) is 6.09. The van der Waals surface area contributed by atoms with E-state index in [9.17, 15) is 4.39 Å². The monoisotopic (exact) mass is 442 g/mol. The van der Waals surface area contributed by atoms with Crippen molar-refractivity contribution >= 4 is 0 Å². The second-order valence-corrected chi connectivity index (χ2v) is 10.5. The summed E-state index contributed by atoms with van der Waals surface area (Å²) in [5.74, 6) is 3.46. The van der Waals surface area contributed by atoms with Crippen molar-refractivity contribution in [1.29, 1.82) is 0 Å². The van der Waals surface area contributed by atoms with Crippen molar-refractivity contribution in [3.63, 3.8) is 0 Å². The molecular formula is C30H47FO. The van der Waals surface area contributed by atoms with Crippen molar-refractivity contribution in [1.82, 2.24) is 0 Å². The molecule has 2 saturated carbocycles. The van der Waals surface area contributed by atoms with Crippen molar-refractivity contribution in [3.8, 4) is 0 Å². The lowest BCUT2D eigenvalue weighted by Gasteiger charge is -2.31. The van der Waals surface area contributed by atoms with E-state index in [1.165, 1.54) is 75.3 Å². The molecule has 1 aromatic carbocycles. The summed E-state index contributed by atoms with van der Waals surface area (Å²) in [5.41, 5.74) is 2.85. The minimum Gasteiger partial charge on any atom is -0.377 e. The van der Waals surface area contributed by atoms with Gasteiger partial charge in [0, 0.05) is 7.11 Å². The first-order valence-corrected chi connectivity index (χ1v) is 13.6. The Kier molecular flexibility index (Phi) is 11.3. The molecule has 0 aromatic heterocycles. The first-order chi connectivity index (χ1) is 15.7. The molecule has 1 nitrogen and oxygen atoms in total. The molecule has 1 unspecified atom stereocenters. The maximum atomic E-state index is 12.2. The Balaban J connectivity index is 1.31.